The summed E-state index contributed by atoms with van der Waals surface area (Å²) in [6, 6.07) is 0. The van der Waals surface area contributed by atoms with Crippen molar-refractivity contribution in [3.05, 3.63) is 18.0 Å². The third-order valence-corrected chi connectivity index (χ3v) is 2.94. The van der Waals surface area contributed by atoms with Crippen molar-refractivity contribution >= 4 is 11.8 Å². The highest BCUT2D eigenvalue weighted by molar-refractivity contribution is 7.99. The second-order valence-corrected chi connectivity index (χ2v) is 4.48. The van der Waals surface area contributed by atoms with Crippen LogP contribution < -0.4 is 5.73 Å². The lowest BCUT2D eigenvalue weighted by molar-refractivity contribution is 0.0949. The van der Waals surface area contributed by atoms with Gasteiger partial charge in [-0.3, -0.25) is 0 Å². The van der Waals surface area contributed by atoms with Gasteiger partial charge in [0.05, 0.1) is 5.60 Å². The Morgan fingerprint density at radius 2 is 2.07 bits per heavy atom. The predicted molar refractivity (Wildman–Crippen MR) is 57.2 cm³/mol. The zero-order valence-electron chi connectivity index (χ0n) is 8.40. The topological polar surface area (TPSA) is 72.0 Å². The summed E-state index contributed by atoms with van der Waals surface area (Å²) in [5.74, 6) is 0.507. The van der Waals surface area contributed by atoms with Crippen molar-refractivity contribution in [3.63, 3.8) is 0 Å². The molecule has 0 aliphatic carbocycles. The van der Waals surface area contributed by atoms with E-state index in [1.807, 2.05) is 6.92 Å². The normalized spacial score (nSPS) is 15.1. The van der Waals surface area contributed by atoms with E-state index in [1.54, 1.807) is 19.3 Å². The van der Waals surface area contributed by atoms with Gasteiger partial charge in [-0.1, -0.05) is 11.8 Å². The minimum absolute atomic E-state index is 0.242. The molecule has 1 heterocycles. The molecule has 1 rings (SSSR count). The standard InChI is InChI=1S/C9H15N3OS/c1-7-3-11-8(12-4-7)14-6-9(2,13)5-10/h3-4,13H,5-6,10H2,1-2H3. The van der Waals surface area contributed by atoms with Crippen molar-refractivity contribution in [1.29, 1.82) is 0 Å². The van der Waals surface area contributed by atoms with Crippen LogP contribution in [-0.4, -0.2) is 33.0 Å². The Labute approximate surface area is 88.0 Å². The van der Waals surface area contributed by atoms with Crippen LogP contribution in [0.3, 0.4) is 0 Å². The van der Waals surface area contributed by atoms with Crippen LogP contribution in [0.2, 0.25) is 0 Å². The minimum Gasteiger partial charge on any atom is -0.388 e. The number of hydrogen-bond donors (Lipinski definition) is 2. The van der Waals surface area contributed by atoms with Crippen molar-refractivity contribution in [2.75, 3.05) is 12.3 Å². The smallest absolute Gasteiger partial charge is 0.187 e. The van der Waals surface area contributed by atoms with Gasteiger partial charge in [-0.25, -0.2) is 9.97 Å². The van der Waals surface area contributed by atoms with Crippen molar-refractivity contribution in [2.45, 2.75) is 24.6 Å². The Balaban J connectivity index is 2.50. The molecular formula is C9H15N3OS. The Morgan fingerprint density at radius 1 is 1.50 bits per heavy atom. The quantitative estimate of drug-likeness (QED) is 0.565. The Hall–Kier alpha value is -0.650. The van der Waals surface area contributed by atoms with Crippen LogP contribution in [-0.2, 0) is 0 Å². The number of nitrogens with two attached hydrogens (primary N) is 1. The van der Waals surface area contributed by atoms with Gasteiger partial charge in [0.15, 0.2) is 5.16 Å². The fourth-order valence-electron chi connectivity index (χ4n) is 0.734. The molecule has 4 nitrogen and oxygen atoms in total. The third kappa shape index (κ3) is 3.61. The summed E-state index contributed by atoms with van der Waals surface area (Å²) in [6.07, 6.45) is 3.51. The summed E-state index contributed by atoms with van der Waals surface area (Å²) in [7, 11) is 0. The average Bonchev–Trinajstić information content (AvgIpc) is 2.17. The highest BCUT2D eigenvalue weighted by Gasteiger charge is 2.18. The lowest BCUT2D eigenvalue weighted by Gasteiger charge is -2.19. The molecule has 1 atom stereocenters. The molecular weight excluding hydrogens is 198 g/mol. The number of aromatic nitrogens is 2. The maximum Gasteiger partial charge on any atom is 0.187 e. The molecule has 0 saturated heterocycles. The van der Waals surface area contributed by atoms with Crippen LogP contribution >= 0.6 is 11.8 Å². The lowest BCUT2D eigenvalue weighted by atomic mass is 10.1. The molecule has 5 heteroatoms. The van der Waals surface area contributed by atoms with Gasteiger partial charge >= 0.3 is 0 Å². The predicted octanol–water partition coefficient (Wildman–Crippen LogP) is 0.587. The fourth-order valence-corrected chi connectivity index (χ4v) is 1.55. The molecule has 0 fully saturated rings. The van der Waals surface area contributed by atoms with Crippen molar-refractivity contribution in [3.8, 4) is 0 Å². The first-order valence-electron chi connectivity index (χ1n) is 4.37. The van der Waals surface area contributed by atoms with Gasteiger partial charge in [0.2, 0.25) is 0 Å². The molecule has 78 valence electrons. The van der Waals surface area contributed by atoms with Gasteiger partial charge < -0.3 is 10.8 Å². The molecule has 1 unspecified atom stereocenters. The van der Waals surface area contributed by atoms with Gasteiger partial charge in [0.1, 0.15) is 0 Å². The molecule has 0 radical (unpaired) electrons. The molecule has 0 aliphatic rings. The number of thioether (sulfide) groups is 1. The second kappa shape index (κ2) is 4.72. The van der Waals surface area contributed by atoms with E-state index in [1.165, 1.54) is 11.8 Å². The van der Waals surface area contributed by atoms with Crippen LogP contribution in [0.15, 0.2) is 17.6 Å². The van der Waals surface area contributed by atoms with Crippen LogP contribution in [0.25, 0.3) is 0 Å². The third-order valence-electron chi connectivity index (χ3n) is 1.71. The van der Waals surface area contributed by atoms with Crippen molar-refractivity contribution in [1.82, 2.24) is 9.97 Å². The van der Waals surface area contributed by atoms with Crippen LogP contribution in [0.1, 0.15) is 12.5 Å². The first kappa shape index (κ1) is 11.4. The zero-order valence-corrected chi connectivity index (χ0v) is 9.21. The second-order valence-electron chi connectivity index (χ2n) is 3.53. The van der Waals surface area contributed by atoms with E-state index in [0.29, 0.717) is 10.9 Å². The maximum absolute atomic E-state index is 9.64. The van der Waals surface area contributed by atoms with Gasteiger partial charge in [-0.2, -0.15) is 0 Å². The van der Waals surface area contributed by atoms with Crippen molar-refractivity contribution in [2.24, 2.45) is 5.73 Å². The molecule has 0 saturated carbocycles. The Bertz CT molecular complexity index is 287. The molecule has 1 aromatic heterocycles. The Morgan fingerprint density at radius 3 is 2.57 bits per heavy atom. The van der Waals surface area contributed by atoms with E-state index in [9.17, 15) is 5.11 Å². The Kier molecular flexibility index (Phi) is 3.86. The summed E-state index contributed by atoms with van der Waals surface area (Å²) in [4.78, 5) is 8.23. The molecule has 0 aromatic carbocycles. The van der Waals surface area contributed by atoms with E-state index in [4.69, 9.17) is 5.73 Å². The number of aryl methyl sites for hydroxylation is 1. The zero-order chi connectivity index (χ0) is 10.6. The van der Waals surface area contributed by atoms with Crippen LogP contribution in [0, 0.1) is 6.92 Å². The number of nitrogens with zero attached hydrogens (tertiary/aromatic N) is 2. The van der Waals surface area contributed by atoms with E-state index in [-0.39, 0.29) is 6.54 Å². The van der Waals surface area contributed by atoms with E-state index in [2.05, 4.69) is 9.97 Å². The number of aliphatic hydroxyl groups is 1. The first-order chi connectivity index (χ1) is 6.53. The highest BCUT2D eigenvalue weighted by Crippen LogP contribution is 2.17. The summed E-state index contributed by atoms with van der Waals surface area (Å²) >= 11 is 1.41. The van der Waals surface area contributed by atoms with Crippen molar-refractivity contribution < 1.29 is 5.11 Å². The summed E-state index contributed by atoms with van der Waals surface area (Å²) in [5, 5.41) is 10.3. The molecule has 1 aromatic rings. The van der Waals surface area contributed by atoms with E-state index >= 15 is 0 Å². The molecule has 3 N–H and O–H groups in total. The van der Waals surface area contributed by atoms with Gasteiger partial charge in [0, 0.05) is 24.7 Å². The molecule has 0 spiro atoms. The van der Waals surface area contributed by atoms with Gasteiger partial charge in [-0.15, -0.1) is 0 Å². The SMILES string of the molecule is Cc1cnc(SCC(C)(O)CN)nc1. The minimum atomic E-state index is -0.848. The monoisotopic (exact) mass is 213 g/mol. The number of hydrogen-bond acceptors (Lipinski definition) is 5. The van der Waals surface area contributed by atoms with Gasteiger partial charge in [-0.05, 0) is 19.4 Å². The molecule has 0 amide bonds. The van der Waals surface area contributed by atoms with Crippen LogP contribution in [0.4, 0.5) is 0 Å². The largest absolute Gasteiger partial charge is 0.388 e. The fraction of sp³-hybridized carbons (Fsp3) is 0.556. The van der Waals surface area contributed by atoms with E-state index in [0.717, 1.165) is 5.56 Å². The number of rotatable bonds is 4. The summed E-state index contributed by atoms with van der Waals surface area (Å²) in [6.45, 7) is 3.88. The average molecular weight is 213 g/mol. The molecule has 0 bridgehead atoms. The van der Waals surface area contributed by atoms with Gasteiger partial charge in [0.25, 0.3) is 0 Å². The highest BCUT2D eigenvalue weighted by atomic mass is 32.2. The summed E-state index contributed by atoms with van der Waals surface area (Å²) < 4.78 is 0. The van der Waals surface area contributed by atoms with Crippen LogP contribution in [0.5, 0.6) is 0 Å². The van der Waals surface area contributed by atoms with E-state index < -0.39 is 5.60 Å². The molecule has 14 heavy (non-hydrogen) atoms. The lowest BCUT2D eigenvalue weighted by Crippen LogP contribution is -2.36. The maximum atomic E-state index is 9.64. The summed E-state index contributed by atoms with van der Waals surface area (Å²) in [5.41, 5.74) is 5.57. The first-order valence-corrected chi connectivity index (χ1v) is 5.36. The molecule has 0 aliphatic heterocycles.